The summed E-state index contributed by atoms with van der Waals surface area (Å²) in [6, 6.07) is 7.34. The van der Waals surface area contributed by atoms with E-state index in [9.17, 15) is 4.79 Å². The number of allylic oxidation sites excluding steroid dienone is 5. The zero-order chi connectivity index (χ0) is 20.7. The number of aliphatic imine (C=N–C) groups is 1. The smallest absolute Gasteiger partial charge is 0.266 e. The van der Waals surface area contributed by atoms with E-state index in [1.807, 2.05) is 37.3 Å². The number of amides is 1. The first-order valence-corrected chi connectivity index (χ1v) is 8.88. The van der Waals surface area contributed by atoms with Crippen molar-refractivity contribution in [3.05, 3.63) is 103 Å². The van der Waals surface area contributed by atoms with Crippen LogP contribution >= 0.6 is 0 Å². The van der Waals surface area contributed by atoms with Crippen LogP contribution in [0.15, 0.2) is 103 Å². The van der Waals surface area contributed by atoms with E-state index in [1.54, 1.807) is 36.4 Å². The molecule has 1 amide bonds. The third kappa shape index (κ3) is 3.60. The number of hydrogen-bond acceptors (Lipinski definition) is 4. The first-order valence-electron chi connectivity index (χ1n) is 8.88. The second-order valence-electron chi connectivity index (χ2n) is 6.19. The Labute approximate surface area is 166 Å². The van der Waals surface area contributed by atoms with Crippen molar-refractivity contribution in [1.29, 1.82) is 0 Å². The number of nitrogens with zero attached hydrogens (tertiary/aromatic N) is 2. The van der Waals surface area contributed by atoms with Crippen LogP contribution in [0.25, 0.3) is 0 Å². The number of carbonyl (C=O) groups excluding carboxylic acids is 1. The molecule has 1 aromatic carbocycles. The molecular weight excluding hydrogens is 348 g/mol. The number of nitrogens with two attached hydrogens (primary N) is 2. The molecule has 0 bridgehead atoms. The van der Waals surface area contributed by atoms with E-state index in [-0.39, 0.29) is 18.4 Å². The molecule has 1 atom stereocenters. The topological polar surface area (TPSA) is 84.7 Å². The molecule has 1 aromatic rings. The minimum Gasteiger partial charge on any atom is -0.398 e. The molecule has 5 heteroatoms. The molecule has 1 unspecified atom stereocenters. The number of guanidine groups is 1. The molecule has 1 heterocycles. The maximum absolute atomic E-state index is 13.7. The van der Waals surface area contributed by atoms with Crippen LogP contribution in [0.3, 0.4) is 0 Å². The van der Waals surface area contributed by atoms with Crippen molar-refractivity contribution in [3.8, 4) is 0 Å². The fourth-order valence-electron chi connectivity index (χ4n) is 3.19. The monoisotopic (exact) mass is 374 g/mol. The van der Waals surface area contributed by atoms with Gasteiger partial charge in [0.25, 0.3) is 5.91 Å². The first-order chi connectivity index (χ1) is 13.5. The molecule has 0 aromatic heterocycles. The Morgan fingerprint density at radius 2 is 1.79 bits per heavy atom. The van der Waals surface area contributed by atoms with Gasteiger partial charge in [0.2, 0.25) is 0 Å². The zero-order valence-corrected chi connectivity index (χ0v) is 16.1. The Bertz CT molecular complexity index is 920. The quantitative estimate of drug-likeness (QED) is 0.538. The van der Waals surface area contributed by atoms with Crippen molar-refractivity contribution in [2.24, 2.45) is 10.7 Å². The summed E-state index contributed by atoms with van der Waals surface area (Å²) in [5, 5.41) is 0. The van der Waals surface area contributed by atoms with Gasteiger partial charge in [0, 0.05) is 5.69 Å². The summed E-state index contributed by atoms with van der Waals surface area (Å²) in [6.07, 6.45) is 11.9. The average Bonchev–Trinajstić information content (AvgIpc) is 2.93. The fraction of sp³-hybridized carbons (Fsp3) is 0.130. The van der Waals surface area contributed by atoms with Gasteiger partial charge in [-0.2, -0.15) is 0 Å². The van der Waals surface area contributed by atoms with Gasteiger partial charge >= 0.3 is 0 Å². The van der Waals surface area contributed by atoms with Crippen LogP contribution in [-0.4, -0.2) is 22.3 Å². The number of anilines is 1. The Morgan fingerprint density at radius 1 is 1.14 bits per heavy atom. The maximum atomic E-state index is 13.7. The van der Waals surface area contributed by atoms with Crippen molar-refractivity contribution in [1.82, 2.24) is 4.90 Å². The molecule has 28 heavy (non-hydrogen) atoms. The van der Waals surface area contributed by atoms with E-state index < -0.39 is 5.54 Å². The van der Waals surface area contributed by atoms with Crippen LogP contribution in [0.1, 0.15) is 12.5 Å². The summed E-state index contributed by atoms with van der Waals surface area (Å²) in [5.41, 5.74) is 13.5. The average molecular weight is 374 g/mol. The second kappa shape index (κ2) is 8.86. The number of benzene rings is 1. The van der Waals surface area contributed by atoms with Gasteiger partial charge in [-0.3, -0.25) is 9.69 Å². The van der Waals surface area contributed by atoms with Gasteiger partial charge in [0.15, 0.2) is 11.5 Å². The third-order valence-electron chi connectivity index (χ3n) is 4.49. The molecule has 0 saturated heterocycles. The summed E-state index contributed by atoms with van der Waals surface area (Å²) >= 11 is 0. The lowest BCUT2D eigenvalue weighted by molar-refractivity contribution is -0.129. The van der Waals surface area contributed by atoms with Gasteiger partial charge in [0.05, 0.1) is 6.54 Å². The highest BCUT2D eigenvalue weighted by Crippen LogP contribution is 2.39. The van der Waals surface area contributed by atoms with E-state index in [1.165, 1.54) is 4.90 Å². The predicted molar refractivity (Wildman–Crippen MR) is 117 cm³/mol. The molecule has 0 radical (unpaired) electrons. The van der Waals surface area contributed by atoms with Gasteiger partial charge < -0.3 is 11.5 Å². The van der Waals surface area contributed by atoms with Gasteiger partial charge in [0.1, 0.15) is 0 Å². The predicted octanol–water partition coefficient (Wildman–Crippen LogP) is 3.65. The van der Waals surface area contributed by atoms with E-state index in [2.05, 4.69) is 24.7 Å². The van der Waals surface area contributed by atoms with Gasteiger partial charge in [-0.05, 0) is 29.7 Å². The third-order valence-corrected chi connectivity index (χ3v) is 4.49. The van der Waals surface area contributed by atoms with E-state index in [4.69, 9.17) is 11.5 Å². The van der Waals surface area contributed by atoms with Crippen LogP contribution < -0.4 is 11.5 Å². The standard InChI is InChI=1S/C23H26N4O/c1-5-11-18(8-4)23(19(12-6-2)13-7-3)21(28)27(22(25)26-23)16-17-14-9-10-15-20(17)24/h5-15H,1-2,4,16,24H2,3H3,(H2,25,26)/b13-7-,18-11+,19-12+. The van der Waals surface area contributed by atoms with Gasteiger partial charge in [-0.1, -0.05) is 80.5 Å². The van der Waals surface area contributed by atoms with Crippen molar-refractivity contribution in [2.75, 3.05) is 5.73 Å². The van der Waals surface area contributed by atoms with Gasteiger partial charge in [-0.25, -0.2) is 4.99 Å². The van der Waals surface area contributed by atoms with Crippen molar-refractivity contribution in [3.63, 3.8) is 0 Å². The largest absolute Gasteiger partial charge is 0.398 e. The lowest BCUT2D eigenvalue weighted by Gasteiger charge is -2.28. The molecular formula is C23H26N4O. The molecule has 0 spiro atoms. The Kier molecular flexibility index (Phi) is 6.55. The number of carbonyl (C=O) groups is 1. The fourth-order valence-corrected chi connectivity index (χ4v) is 3.19. The van der Waals surface area contributed by atoms with Crippen LogP contribution in [0.4, 0.5) is 5.69 Å². The Morgan fingerprint density at radius 3 is 2.36 bits per heavy atom. The van der Waals surface area contributed by atoms with Crippen molar-refractivity contribution < 1.29 is 4.79 Å². The number of rotatable bonds is 8. The normalized spacial score (nSPS) is 20.4. The van der Waals surface area contributed by atoms with Crippen LogP contribution in [0.5, 0.6) is 0 Å². The molecule has 1 aliphatic heterocycles. The number of para-hydroxylation sites is 1. The summed E-state index contributed by atoms with van der Waals surface area (Å²) in [6.45, 7) is 13.5. The zero-order valence-electron chi connectivity index (χ0n) is 16.1. The highest BCUT2D eigenvalue weighted by Gasteiger charge is 2.51. The van der Waals surface area contributed by atoms with E-state index in [0.717, 1.165) is 5.56 Å². The van der Waals surface area contributed by atoms with E-state index in [0.29, 0.717) is 16.8 Å². The summed E-state index contributed by atoms with van der Waals surface area (Å²) in [5.74, 6) is -0.169. The Hall–Kier alpha value is -3.60. The van der Waals surface area contributed by atoms with Crippen molar-refractivity contribution in [2.45, 2.75) is 19.0 Å². The highest BCUT2D eigenvalue weighted by atomic mass is 16.2. The molecule has 1 aliphatic rings. The van der Waals surface area contributed by atoms with Crippen LogP contribution in [0.2, 0.25) is 0 Å². The van der Waals surface area contributed by atoms with Gasteiger partial charge in [-0.15, -0.1) is 0 Å². The van der Waals surface area contributed by atoms with E-state index >= 15 is 0 Å². The minimum absolute atomic E-state index is 0.115. The summed E-state index contributed by atoms with van der Waals surface area (Å²) in [7, 11) is 0. The van der Waals surface area contributed by atoms with Crippen LogP contribution in [-0.2, 0) is 11.3 Å². The SMILES string of the molecule is C=C/C=C(\C=C)C1(C(/C=C\C)=C/C=C)N=C(N)N(Cc2ccccc2N)C1=O. The molecule has 5 nitrogen and oxygen atoms in total. The van der Waals surface area contributed by atoms with Crippen LogP contribution in [0, 0.1) is 0 Å². The molecule has 2 rings (SSSR count). The summed E-state index contributed by atoms with van der Waals surface area (Å²) < 4.78 is 0. The highest BCUT2D eigenvalue weighted by molar-refractivity contribution is 6.11. The minimum atomic E-state index is -1.36. The second-order valence-corrected chi connectivity index (χ2v) is 6.19. The molecule has 4 N–H and O–H groups in total. The molecule has 0 saturated carbocycles. The molecule has 0 aliphatic carbocycles. The summed E-state index contributed by atoms with van der Waals surface area (Å²) in [4.78, 5) is 19.7. The lowest BCUT2D eigenvalue weighted by atomic mass is 9.80. The number of hydrogen-bond donors (Lipinski definition) is 2. The Balaban J connectivity index is 2.66. The number of nitrogen functional groups attached to an aromatic ring is 1. The van der Waals surface area contributed by atoms with Crippen molar-refractivity contribution >= 4 is 17.6 Å². The first kappa shape index (κ1) is 20.7. The molecule has 144 valence electrons. The lowest BCUT2D eigenvalue weighted by Crippen LogP contribution is -2.45. The molecule has 0 fully saturated rings. The maximum Gasteiger partial charge on any atom is 0.266 e.